The highest BCUT2D eigenvalue weighted by Crippen LogP contribution is 2.38. The van der Waals surface area contributed by atoms with Gasteiger partial charge in [0.2, 0.25) is 5.82 Å². The molecule has 1 aliphatic heterocycles. The first-order valence-electron chi connectivity index (χ1n) is 10.3. The highest BCUT2D eigenvalue weighted by molar-refractivity contribution is 7.80. The highest BCUT2D eigenvalue weighted by atomic mass is 32.1. The van der Waals surface area contributed by atoms with E-state index in [-0.39, 0.29) is 6.04 Å². The third-order valence-electron chi connectivity index (χ3n) is 5.76. The second kappa shape index (κ2) is 8.51. The first-order chi connectivity index (χ1) is 14.9. The molecule has 0 bridgehead atoms. The van der Waals surface area contributed by atoms with Crippen LogP contribution in [0.15, 0.2) is 52.7 Å². The van der Waals surface area contributed by atoms with Gasteiger partial charge in [0.15, 0.2) is 5.11 Å². The Hall–Kier alpha value is -3.19. The van der Waals surface area contributed by atoms with E-state index in [4.69, 9.17) is 26.5 Å². The number of aromatic nitrogens is 2. The first kappa shape index (κ1) is 21.1. The number of thiocarbonyl (C=S) groups is 1. The number of rotatable bonds is 5. The standard InChI is InChI=1S/C24H26N4O2S/c1-6-28-16(4)20(21(25-24(28)31)17-11-10-14(2)15(3)12-17)23-26-22(27-30-23)18-8-7-9-19(13-18)29-5/h7-13,21H,6H2,1-5H3,(H,25,31). The first-order valence-corrected chi connectivity index (χ1v) is 10.7. The fourth-order valence-corrected chi connectivity index (χ4v) is 4.23. The van der Waals surface area contributed by atoms with E-state index >= 15 is 0 Å². The lowest BCUT2D eigenvalue weighted by atomic mass is 9.92. The number of nitrogens with one attached hydrogen (secondary N) is 1. The molecule has 0 amide bonds. The van der Waals surface area contributed by atoms with Gasteiger partial charge in [-0.25, -0.2) is 0 Å². The molecule has 1 atom stereocenters. The van der Waals surface area contributed by atoms with Gasteiger partial charge in [-0.3, -0.25) is 0 Å². The Bertz CT molecular complexity index is 1170. The molecule has 0 spiro atoms. The molecule has 0 fully saturated rings. The minimum atomic E-state index is -0.173. The van der Waals surface area contributed by atoms with Crippen LogP contribution in [-0.4, -0.2) is 33.8 Å². The summed E-state index contributed by atoms with van der Waals surface area (Å²) in [7, 11) is 1.64. The van der Waals surface area contributed by atoms with E-state index in [1.807, 2.05) is 24.3 Å². The molecule has 2 heterocycles. The average Bonchev–Trinajstić information content (AvgIpc) is 3.25. The van der Waals surface area contributed by atoms with Crippen LogP contribution >= 0.6 is 12.2 Å². The van der Waals surface area contributed by atoms with Gasteiger partial charge in [0, 0.05) is 17.8 Å². The molecule has 4 rings (SSSR count). The number of ether oxygens (including phenoxy) is 1. The zero-order chi connectivity index (χ0) is 22.1. The molecule has 1 N–H and O–H groups in total. The van der Waals surface area contributed by atoms with Crippen molar-refractivity contribution in [3.63, 3.8) is 0 Å². The van der Waals surface area contributed by atoms with E-state index in [1.165, 1.54) is 11.1 Å². The van der Waals surface area contributed by atoms with E-state index in [1.54, 1.807) is 7.11 Å². The van der Waals surface area contributed by atoms with Gasteiger partial charge in [0.25, 0.3) is 5.89 Å². The molecule has 1 aromatic heterocycles. The number of benzene rings is 2. The lowest BCUT2D eigenvalue weighted by Crippen LogP contribution is -2.45. The normalized spacial score (nSPS) is 16.5. The van der Waals surface area contributed by atoms with Crippen LogP contribution in [0, 0.1) is 13.8 Å². The number of methoxy groups -OCH3 is 1. The van der Waals surface area contributed by atoms with Crippen molar-refractivity contribution >= 4 is 22.9 Å². The summed E-state index contributed by atoms with van der Waals surface area (Å²) in [6.07, 6.45) is 0. The molecule has 0 radical (unpaired) electrons. The van der Waals surface area contributed by atoms with E-state index in [0.717, 1.165) is 34.7 Å². The maximum atomic E-state index is 5.77. The molecule has 1 unspecified atom stereocenters. The lowest BCUT2D eigenvalue weighted by molar-refractivity contribution is 0.398. The minimum absolute atomic E-state index is 0.173. The van der Waals surface area contributed by atoms with Crippen LogP contribution in [0.3, 0.4) is 0 Å². The van der Waals surface area contributed by atoms with E-state index in [9.17, 15) is 0 Å². The molecule has 7 heteroatoms. The Labute approximate surface area is 187 Å². The fourth-order valence-electron chi connectivity index (χ4n) is 3.85. The summed E-state index contributed by atoms with van der Waals surface area (Å²) in [6, 6.07) is 13.9. The zero-order valence-corrected chi connectivity index (χ0v) is 19.2. The molecule has 1 aliphatic rings. The fraction of sp³-hybridized carbons (Fsp3) is 0.292. The number of aryl methyl sites for hydroxylation is 2. The van der Waals surface area contributed by atoms with Crippen LogP contribution in [-0.2, 0) is 0 Å². The maximum absolute atomic E-state index is 5.77. The summed E-state index contributed by atoms with van der Waals surface area (Å²) < 4.78 is 11.1. The summed E-state index contributed by atoms with van der Waals surface area (Å²) in [4.78, 5) is 6.79. The second-order valence-corrected chi connectivity index (χ2v) is 8.01. The second-order valence-electron chi connectivity index (χ2n) is 7.62. The molecular weight excluding hydrogens is 408 g/mol. The van der Waals surface area contributed by atoms with Gasteiger partial charge in [-0.15, -0.1) is 0 Å². The molecule has 0 saturated heterocycles. The molecule has 6 nitrogen and oxygen atoms in total. The lowest BCUT2D eigenvalue weighted by Gasteiger charge is -2.36. The molecule has 31 heavy (non-hydrogen) atoms. The molecular formula is C24H26N4O2S. The van der Waals surface area contributed by atoms with Gasteiger partial charge in [0.05, 0.1) is 18.7 Å². The van der Waals surface area contributed by atoms with Crippen molar-refractivity contribution in [2.75, 3.05) is 13.7 Å². The summed E-state index contributed by atoms with van der Waals surface area (Å²) in [5, 5.41) is 8.42. The smallest absolute Gasteiger partial charge is 0.258 e. The number of nitrogens with zero attached hydrogens (tertiary/aromatic N) is 3. The summed E-state index contributed by atoms with van der Waals surface area (Å²) in [6.45, 7) is 9.09. The highest BCUT2D eigenvalue weighted by Gasteiger charge is 2.33. The third kappa shape index (κ3) is 3.93. The molecule has 3 aromatic rings. The summed E-state index contributed by atoms with van der Waals surface area (Å²) in [5.74, 6) is 1.74. The van der Waals surface area contributed by atoms with Crippen molar-refractivity contribution < 1.29 is 9.26 Å². The monoisotopic (exact) mass is 434 g/mol. The predicted octanol–water partition coefficient (Wildman–Crippen LogP) is 5.04. The van der Waals surface area contributed by atoms with Crippen molar-refractivity contribution in [1.29, 1.82) is 0 Å². The van der Waals surface area contributed by atoms with E-state index in [2.05, 4.69) is 61.3 Å². The number of hydrogen-bond donors (Lipinski definition) is 1. The largest absolute Gasteiger partial charge is 0.497 e. The third-order valence-corrected chi connectivity index (χ3v) is 6.10. The van der Waals surface area contributed by atoms with Gasteiger partial charge in [-0.2, -0.15) is 4.98 Å². The van der Waals surface area contributed by atoms with Crippen molar-refractivity contribution in [2.45, 2.75) is 33.7 Å². The van der Waals surface area contributed by atoms with Gasteiger partial charge < -0.3 is 19.5 Å². The zero-order valence-electron chi connectivity index (χ0n) is 18.4. The van der Waals surface area contributed by atoms with Crippen LogP contribution in [0.2, 0.25) is 0 Å². The van der Waals surface area contributed by atoms with Crippen molar-refractivity contribution in [2.24, 2.45) is 0 Å². The van der Waals surface area contributed by atoms with Gasteiger partial charge >= 0.3 is 0 Å². The minimum Gasteiger partial charge on any atom is -0.497 e. The maximum Gasteiger partial charge on any atom is 0.258 e. The Balaban J connectivity index is 1.82. The van der Waals surface area contributed by atoms with E-state index < -0.39 is 0 Å². The van der Waals surface area contributed by atoms with Crippen LogP contribution in [0.25, 0.3) is 17.0 Å². The molecule has 0 aliphatic carbocycles. The Kier molecular flexibility index (Phi) is 5.78. The molecule has 2 aromatic carbocycles. The Morgan fingerprint density at radius 2 is 1.94 bits per heavy atom. The predicted molar refractivity (Wildman–Crippen MR) is 126 cm³/mol. The van der Waals surface area contributed by atoms with Crippen LogP contribution in [0.4, 0.5) is 0 Å². The SMILES string of the molecule is CCN1C(=S)NC(c2ccc(C)c(C)c2)C(c2nc(-c3cccc(OC)c3)no2)=C1C. The number of allylic oxidation sites excluding steroid dienone is 1. The van der Waals surface area contributed by atoms with Crippen molar-refractivity contribution in [1.82, 2.24) is 20.4 Å². The quantitative estimate of drug-likeness (QED) is 0.564. The summed E-state index contributed by atoms with van der Waals surface area (Å²) in [5.41, 5.74) is 6.36. The molecule has 160 valence electrons. The molecule has 0 saturated carbocycles. The van der Waals surface area contributed by atoms with Gasteiger partial charge in [-0.1, -0.05) is 35.5 Å². The Morgan fingerprint density at radius 1 is 1.13 bits per heavy atom. The Morgan fingerprint density at radius 3 is 2.65 bits per heavy atom. The number of hydrogen-bond acceptors (Lipinski definition) is 5. The van der Waals surface area contributed by atoms with Crippen LogP contribution in [0.5, 0.6) is 5.75 Å². The van der Waals surface area contributed by atoms with E-state index in [0.29, 0.717) is 16.8 Å². The average molecular weight is 435 g/mol. The summed E-state index contributed by atoms with van der Waals surface area (Å²) >= 11 is 5.65. The van der Waals surface area contributed by atoms with Crippen LogP contribution in [0.1, 0.15) is 42.5 Å². The van der Waals surface area contributed by atoms with Gasteiger partial charge in [0.1, 0.15) is 5.75 Å². The topological polar surface area (TPSA) is 63.4 Å². The van der Waals surface area contributed by atoms with Gasteiger partial charge in [-0.05, 0) is 68.7 Å². The van der Waals surface area contributed by atoms with Crippen molar-refractivity contribution in [3.8, 4) is 17.1 Å². The van der Waals surface area contributed by atoms with Crippen molar-refractivity contribution in [3.05, 3.63) is 70.7 Å². The van der Waals surface area contributed by atoms with Crippen LogP contribution < -0.4 is 10.1 Å².